The molecule has 4 amide bonds. The fourth-order valence-electron chi connectivity index (χ4n) is 4.90. The Bertz CT molecular complexity index is 1040. The summed E-state index contributed by atoms with van der Waals surface area (Å²) in [7, 11) is 0. The first-order chi connectivity index (χ1) is 19.5. The van der Waals surface area contributed by atoms with Crippen LogP contribution in [-0.4, -0.2) is 97.8 Å². The molecule has 3 atom stereocenters. The second kappa shape index (κ2) is 15.7. The molecule has 2 fully saturated rings. The van der Waals surface area contributed by atoms with Gasteiger partial charge in [-0.2, -0.15) is 0 Å². The van der Waals surface area contributed by atoms with Crippen LogP contribution >= 0.6 is 0 Å². The van der Waals surface area contributed by atoms with E-state index in [0.717, 1.165) is 0 Å². The maximum atomic E-state index is 13.2. The van der Waals surface area contributed by atoms with Crippen molar-refractivity contribution in [3.8, 4) is 5.75 Å². The van der Waals surface area contributed by atoms with Crippen LogP contribution < -0.4 is 21.3 Å². The van der Waals surface area contributed by atoms with Gasteiger partial charge in [0.1, 0.15) is 18.4 Å². The number of nitrogens with one attached hydrogen (secondary N) is 4. The topological polar surface area (TPSA) is 158 Å². The van der Waals surface area contributed by atoms with Gasteiger partial charge in [-0.05, 0) is 30.7 Å². The maximum absolute atomic E-state index is 13.2. The molecule has 2 bridgehead atoms. The van der Waals surface area contributed by atoms with Gasteiger partial charge in [0.15, 0.2) is 0 Å². The molecule has 12 nitrogen and oxygen atoms in total. The number of carbonyl (C=O) groups excluding carboxylic acids is 4. The van der Waals surface area contributed by atoms with Crippen LogP contribution in [0.3, 0.4) is 0 Å². The highest BCUT2D eigenvalue weighted by Gasteiger charge is 2.40. The van der Waals surface area contributed by atoms with Gasteiger partial charge in [0.25, 0.3) is 0 Å². The number of phenolic OH excluding ortho intramolecular Hbond substituents is 1. The predicted octanol–water partition coefficient (Wildman–Crippen LogP) is 0.432. The van der Waals surface area contributed by atoms with Crippen molar-refractivity contribution < 1.29 is 33.8 Å². The molecule has 3 rings (SSSR count). The summed E-state index contributed by atoms with van der Waals surface area (Å²) >= 11 is 0. The molecule has 1 aromatic carbocycles. The first-order valence-electron chi connectivity index (χ1n) is 14.3. The van der Waals surface area contributed by atoms with Gasteiger partial charge in [-0.1, -0.05) is 39.0 Å². The molecule has 0 spiro atoms. The third-order valence-electron chi connectivity index (χ3n) is 6.94. The quantitative estimate of drug-likeness (QED) is 0.346. The Hall–Kier alpha value is -3.22. The fraction of sp³-hybridized carbons (Fsp3) is 0.655. The number of carbonyl (C=O) groups is 4. The highest BCUT2D eigenvalue weighted by Crippen LogP contribution is 2.25. The lowest BCUT2D eigenvalue weighted by atomic mass is 9.91. The molecular weight excluding hydrogens is 530 g/mol. The van der Waals surface area contributed by atoms with Gasteiger partial charge >= 0.3 is 0 Å². The van der Waals surface area contributed by atoms with Gasteiger partial charge in [-0.3, -0.25) is 19.2 Å². The minimum atomic E-state index is -0.701. The number of amides is 4. The third kappa shape index (κ3) is 10.9. The zero-order chi connectivity index (χ0) is 29.8. The first kappa shape index (κ1) is 32.3. The first-order valence-corrected chi connectivity index (χ1v) is 14.3. The van der Waals surface area contributed by atoms with Gasteiger partial charge in [0.05, 0.1) is 25.9 Å². The molecule has 1 aromatic rings. The van der Waals surface area contributed by atoms with Gasteiger partial charge in [0.2, 0.25) is 23.6 Å². The molecule has 228 valence electrons. The number of likely N-dealkylation sites (tertiary alicyclic amines) is 1. The average Bonchev–Trinajstić information content (AvgIpc) is 3.33. The van der Waals surface area contributed by atoms with Gasteiger partial charge in [0, 0.05) is 44.2 Å². The molecule has 12 heteroatoms. The van der Waals surface area contributed by atoms with Crippen molar-refractivity contribution >= 4 is 23.6 Å². The summed E-state index contributed by atoms with van der Waals surface area (Å²) in [5, 5.41) is 22.0. The molecule has 2 heterocycles. The largest absolute Gasteiger partial charge is 0.508 e. The van der Waals surface area contributed by atoms with Crippen molar-refractivity contribution in [2.45, 2.75) is 71.1 Å². The summed E-state index contributed by atoms with van der Waals surface area (Å²) in [6.07, 6.45) is 1.53. The smallest absolute Gasteiger partial charge is 0.246 e. The number of benzene rings is 1. The summed E-state index contributed by atoms with van der Waals surface area (Å²) in [5.74, 6) is -0.799. The zero-order valence-corrected chi connectivity index (χ0v) is 24.4. The van der Waals surface area contributed by atoms with Crippen LogP contribution in [-0.2, 0) is 35.2 Å². The monoisotopic (exact) mass is 575 g/mol. The van der Waals surface area contributed by atoms with E-state index >= 15 is 0 Å². The van der Waals surface area contributed by atoms with E-state index in [1.54, 1.807) is 23.1 Å². The number of fused-ring (bicyclic) bond motifs is 2. The predicted molar refractivity (Wildman–Crippen MR) is 152 cm³/mol. The van der Waals surface area contributed by atoms with Crippen LogP contribution in [0.25, 0.3) is 0 Å². The van der Waals surface area contributed by atoms with E-state index in [2.05, 4.69) is 21.3 Å². The second-order valence-corrected chi connectivity index (χ2v) is 11.8. The van der Waals surface area contributed by atoms with Crippen LogP contribution in [0.2, 0.25) is 0 Å². The van der Waals surface area contributed by atoms with Crippen molar-refractivity contribution in [2.24, 2.45) is 5.41 Å². The number of hydrogen-bond donors (Lipinski definition) is 5. The molecule has 2 aliphatic heterocycles. The van der Waals surface area contributed by atoms with Crippen molar-refractivity contribution in [2.75, 3.05) is 46.1 Å². The van der Waals surface area contributed by atoms with E-state index < -0.39 is 12.1 Å². The average molecular weight is 576 g/mol. The highest BCUT2D eigenvalue weighted by molar-refractivity contribution is 5.89. The van der Waals surface area contributed by atoms with E-state index in [1.807, 2.05) is 26.8 Å². The summed E-state index contributed by atoms with van der Waals surface area (Å²) in [4.78, 5) is 53.3. The maximum Gasteiger partial charge on any atom is 0.246 e. The van der Waals surface area contributed by atoms with E-state index in [-0.39, 0.29) is 80.2 Å². The molecule has 0 saturated carbocycles. The molecule has 41 heavy (non-hydrogen) atoms. The second-order valence-electron chi connectivity index (χ2n) is 11.8. The number of phenols is 1. The molecule has 0 unspecified atom stereocenters. The minimum absolute atomic E-state index is 0.133. The van der Waals surface area contributed by atoms with Crippen LogP contribution in [0.1, 0.15) is 52.0 Å². The summed E-state index contributed by atoms with van der Waals surface area (Å²) in [5.41, 5.74) is 0.421. The number of ether oxygens (including phenoxy) is 2. The summed E-state index contributed by atoms with van der Waals surface area (Å²) < 4.78 is 10.9. The molecular formula is C29H45N5O7. The summed E-state index contributed by atoms with van der Waals surface area (Å²) in [6, 6.07) is 5.31. The molecule has 5 N–H and O–H groups in total. The minimum Gasteiger partial charge on any atom is -0.508 e. The van der Waals surface area contributed by atoms with E-state index in [1.165, 1.54) is 0 Å². The lowest BCUT2D eigenvalue weighted by Crippen LogP contribution is -2.47. The highest BCUT2D eigenvalue weighted by atomic mass is 16.5. The Morgan fingerprint density at radius 2 is 1.78 bits per heavy atom. The Morgan fingerprint density at radius 3 is 2.54 bits per heavy atom. The Balaban J connectivity index is 1.67. The lowest BCUT2D eigenvalue weighted by Gasteiger charge is -2.27. The zero-order valence-electron chi connectivity index (χ0n) is 24.4. The van der Waals surface area contributed by atoms with Crippen LogP contribution in [0.4, 0.5) is 0 Å². The Kier molecular flexibility index (Phi) is 12.4. The van der Waals surface area contributed by atoms with E-state index in [4.69, 9.17) is 9.47 Å². The number of rotatable bonds is 4. The normalized spacial score (nSPS) is 24.2. The van der Waals surface area contributed by atoms with Gasteiger partial charge in [-0.15, -0.1) is 0 Å². The SMILES string of the molecule is CC(C)(C)CC(=O)N1C[C@H]2C[C@@H]1C(=O)NCCC[C@H](NCc1ccccc1O)C(=O)NCCOCCOCC(=O)N2. The number of para-hydroxylation sites is 1. The third-order valence-corrected chi connectivity index (χ3v) is 6.94. The summed E-state index contributed by atoms with van der Waals surface area (Å²) in [6.45, 7) is 7.65. The molecule has 0 aromatic heterocycles. The van der Waals surface area contributed by atoms with Crippen LogP contribution in [0, 0.1) is 5.41 Å². The number of hydrogen-bond acceptors (Lipinski definition) is 8. The van der Waals surface area contributed by atoms with Crippen LogP contribution in [0.5, 0.6) is 5.75 Å². The van der Waals surface area contributed by atoms with Crippen molar-refractivity contribution in [3.63, 3.8) is 0 Å². The molecule has 2 aliphatic rings. The molecule has 0 radical (unpaired) electrons. The van der Waals surface area contributed by atoms with E-state index in [0.29, 0.717) is 44.5 Å². The van der Waals surface area contributed by atoms with Gasteiger partial charge in [-0.25, -0.2) is 0 Å². The molecule has 2 saturated heterocycles. The van der Waals surface area contributed by atoms with Crippen molar-refractivity contribution in [1.82, 2.24) is 26.2 Å². The van der Waals surface area contributed by atoms with Crippen LogP contribution in [0.15, 0.2) is 24.3 Å². The Morgan fingerprint density at radius 1 is 1.05 bits per heavy atom. The number of aromatic hydroxyl groups is 1. The van der Waals surface area contributed by atoms with E-state index in [9.17, 15) is 24.3 Å². The fourth-order valence-corrected chi connectivity index (χ4v) is 4.90. The van der Waals surface area contributed by atoms with Gasteiger partial charge < -0.3 is 40.7 Å². The van der Waals surface area contributed by atoms with Crippen molar-refractivity contribution in [1.29, 1.82) is 0 Å². The lowest BCUT2D eigenvalue weighted by molar-refractivity contribution is -0.139. The standard InChI is InChI=1S/C29H45N5O7/c1-29(2,3)16-26(37)34-18-21-15-23(34)28(39)30-10-6-8-22(32-17-20-7-4-5-9-24(20)35)27(38)31-11-12-40-13-14-41-19-25(36)33-21/h4-5,7,9,21-23,32,35H,6,8,10-19H2,1-3H3,(H,30,39)(H,31,38)(H,33,36)/t21-,22+,23-/m1/s1. The number of nitrogens with zero attached hydrogens (tertiary/aromatic N) is 1. The van der Waals surface area contributed by atoms with Crippen molar-refractivity contribution in [3.05, 3.63) is 29.8 Å². The molecule has 0 aliphatic carbocycles. The Labute approximate surface area is 241 Å².